The van der Waals surface area contributed by atoms with Crippen LogP contribution in [0.3, 0.4) is 0 Å². The second-order valence-electron chi connectivity index (χ2n) is 3.31. The van der Waals surface area contributed by atoms with E-state index in [9.17, 15) is 0 Å². The number of rotatable bonds is 7. The van der Waals surface area contributed by atoms with Crippen molar-refractivity contribution in [3.63, 3.8) is 0 Å². The van der Waals surface area contributed by atoms with Gasteiger partial charge in [-0.05, 0) is 11.6 Å². The molecule has 0 aromatic heterocycles. The van der Waals surface area contributed by atoms with E-state index in [1.54, 1.807) is 7.11 Å². The second kappa shape index (κ2) is 7.60. The molecule has 3 N–H and O–H groups in total. The van der Waals surface area contributed by atoms with E-state index in [2.05, 4.69) is 5.43 Å². The molecule has 0 heterocycles. The van der Waals surface area contributed by atoms with Crippen LogP contribution in [0.25, 0.3) is 0 Å². The van der Waals surface area contributed by atoms with Crippen molar-refractivity contribution in [3.8, 4) is 0 Å². The highest BCUT2D eigenvalue weighted by atomic mass is 35.5. The van der Waals surface area contributed by atoms with Crippen LogP contribution in [0.4, 0.5) is 0 Å². The van der Waals surface area contributed by atoms with Crippen molar-refractivity contribution in [1.29, 1.82) is 0 Å². The first-order valence-corrected chi connectivity index (χ1v) is 5.44. The summed E-state index contributed by atoms with van der Waals surface area (Å²) >= 11 is 6.06. The SMILES string of the molecule is COCCOCC(NN)c1ccccc1Cl. The number of benzene rings is 1. The Morgan fingerprint density at radius 3 is 2.75 bits per heavy atom. The molecule has 0 fully saturated rings. The van der Waals surface area contributed by atoms with Crippen LogP contribution in [0.5, 0.6) is 0 Å². The Balaban J connectivity index is 2.51. The van der Waals surface area contributed by atoms with Crippen molar-refractivity contribution in [1.82, 2.24) is 5.43 Å². The monoisotopic (exact) mass is 244 g/mol. The zero-order valence-electron chi connectivity index (χ0n) is 9.28. The number of hydrogen-bond acceptors (Lipinski definition) is 4. The summed E-state index contributed by atoms with van der Waals surface area (Å²) < 4.78 is 10.3. The van der Waals surface area contributed by atoms with Crippen molar-refractivity contribution >= 4 is 11.6 Å². The van der Waals surface area contributed by atoms with Gasteiger partial charge in [-0.3, -0.25) is 11.3 Å². The van der Waals surface area contributed by atoms with Crippen molar-refractivity contribution in [3.05, 3.63) is 34.9 Å². The molecule has 1 aromatic rings. The smallest absolute Gasteiger partial charge is 0.0708 e. The normalized spacial score (nSPS) is 12.7. The minimum Gasteiger partial charge on any atom is -0.382 e. The highest BCUT2D eigenvalue weighted by Crippen LogP contribution is 2.22. The lowest BCUT2D eigenvalue weighted by Gasteiger charge is -2.17. The van der Waals surface area contributed by atoms with E-state index in [1.807, 2.05) is 24.3 Å². The largest absolute Gasteiger partial charge is 0.382 e. The second-order valence-corrected chi connectivity index (χ2v) is 3.72. The molecule has 4 nitrogen and oxygen atoms in total. The summed E-state index contributed by atoms with van der Waals surface area (Å²) in [4.78, 5) is 0. The molecule has 0 amide bonds. The number of halogens is 1. The Kier molecular flexibility index (Phi) is 6.37. The minimum absolute atomic E-state index is 0.106. The third kappa shape index (κ3) is 4.08. The number of hydrogen-bond donors (Lipinski definition) is 2. The maximum atomic E-state index is 6.06. The van der Waals surface area contributed by atoms with Crippen LogP contribution in [0.2, 0.25) is 5.02 Å². The summed E-state index contributed by atoms with van der Waals surface area (Å²) in [6, 6.07) is 7.44. The van der Waals surface area contributed by atoms with Crippen LogP contribution in [0.1, 0.15) is 11.6 Å². The Bertz CT molecular complexity index is 310. The fourth-order valence-electron chi connectivity index (χ4n) is 1.33. The number of methoxy groups -OCH3 is 1. The van der Waals surface area contributed by atoms with Gasteiger partial charge in [0.05, 0.1) is 25.9 Å². The first-order valence-electron chi connectivity index (χ1n) is 5.06. The van der Waals surface area contributed by atoms with E-state index in [1.165, 1.54) is 0 Å². The van der Waals surface area contributed by atoms with Crippen LogP contribution in [-0.2, 0) is 9.47 Å². The number of hydrazine groups is 1. The van der Waals surface area contributed by atoms with Gasteiger partial charge >= 0.3 is 0 Å². The van der Waals surface area contributed by atoms with Crippen molar-refractivity contribution in [2.75, 3.05) is 26.9 Å². The third-order valence-corrected chi connectivity index (χ3v) is 2.54. The van der Waals surface area contributed by atoms with Crippen LogP contribution in [-0.4, -0.2) is 26.9 Å². The molecule has 0 saturated heterocycles. The zero-order chi connectivity index (χ0) is 11.8. The van der Waals surface area contributed by atoms with E-state index in [4.69, 9.17) is 26.9 Å². The molecule has 0 saturated carbocycles. The Morgan fingerprint density at radius 1 is 1.38 bits per heavy atom. The van der Waals surface area contributed by atoms with Crippen molar-refractivity contribution in [2.45, 2.75) is 6.04 Å². The van der Waals surface area contributed by atoms with Gasteiger partial charge in [0.25, 0.3) is 0 Å². The van der Waals surface area contributed by atoms with Gasteiger partial charge in [-0.1, -0.05) is 29.8 Å². The highest BCUT2D eigenvalue weighted by molar-refractivity contribution is 6.31. The van der Waals surface area contributed by atoms with Gasteiger partial charge in [-0.15, -0.1) is 0 Å². The topological polar surface area (TPSA) is 56.5 Å². The maximum Gasteiger partial charge on any atom is 0.0708 e. The van der Waals surface area contributed by atoms with Crippen LogP contribution >= 0.6 is 11.6 Å². The van der Waals surface area contributed by atoms with E-state index in [0.717, 1.165) is 5.56 Å². The Morgan fingerprint density at radius 2 is 2.12 bits per heavy atom. The summed E-state index contributed by atoms with van der Waals surface area (Å²) in [5.41, 5.74) is 3.62. The average Bonchev–Trinajstić information content (AvgIpc) is 2.31. The van der Waals surface area contributed by atoms with Crippen LogP contribution in [0.15, 0.2) is 24.3 Å². The van der Waals surface area contributed by atoms with Crippen molar-refractivity contribution in [2.24, 2.45) is 5.84 Å². The molecule has 1 atom stereocenters. The molecule has 0 radical (unpaired) electrons. The maximum absolute atomic E-state index is 6.06. The van der Waals surface area contributed by atoms with Gasteiger partial charge < -0.3 is 9.47 Å². The fourth-order valence-corrected chi connectivity index (χ4v) is 1.60. The Labute approximate surface area is 101 Å². The first kappa shape index (κ1) is 13.4. The van der Waals surface area contributed by atoms with E-state index in [-0.39, 0.29) is 6.04 Å². The molecule has 1 rings (SSSR count). The lowest BCUT2D eigenvalue weighted by molar-refractivity contribution is 0.0586. The first-order chi connectivity index (χ1) is 7.79. The van der Waals surface area contributed by atoms with Crippen LogP contribution < -0.4 is 11.3 Å². The number of nitrogens with one attached hydrogen (secondary N) is 1. The summed E-state index contributed by atoms with van der Waals surface area (Å²) in [6.07, 6.45) is 0. The predicted molar refractivity (Wildman–Crippen MR) is 64.2 cm³/mol. The molecule has 0 aliphatic heterocycles. The molecule has 16 heavy (non-hydrogen) atoms. The van der Waals surface area contributed by atoms with E-state index >= 15 is 0 Å². The third-order valence-electron chi connectivity index (χ3n) is 2.20. The van der Waals surface area contributed by atoms with Gasteiger partial charge in [0.15, 0.2) is 0 Å². The molecular weight excluding hydrogens is 228 g/mol. The summed E-state index contributed by atoms with van der Waals surface area (Å²) in [5.74, 6) is 5.47. The molecule has 5 heteroatoms. The Hall–Kier alpha value is -0.650. The van der Waals surface area contributed by atoms with E-state index in [0.29, 0.717) is 24.8 Å². The lowest BCUT2D eigenvalue weighted by atomic mass is 10.1. The zero-order valence-corrected chi connectivity index (χ0v) is 10.0. The predicted octanol–water partition coefficient (Wildman–Crippen LogP) is 1.51. The molecule has 0 spiro atoms. The van der Waals surface area contributed by atoms with Gasteiger partial charge in [0.1, 0.15) is 0 Å². The van der Waals surface area contributed by atoms with Crippen LogP contribution in [0, 0.1) is 0 Å². The molecule has 90 valence electrons. The molecule has 0 aliphatic carbocycles. The number of nitrogens with two attached hydrogens (primary N) is 1. The number of ether oxygens (including phenoxy) is 2. The lowest BCUT2D eigenvalue weighted by Crippen LogP contribution is -2.32. The highest BCUT2D eigenvalue weighted by Gasteiger charge is 2.12. The molecule has 1 unspecified atom stereocenters. The summed E-state index contributed by atoms with van der Waals surface area (Å²) in [5, 5.41) is 0.681. The van der Waals surface area contributed by atoms with Crippen molar-refractivity contribution < 1.29 is 9.47 Å². The molecule has 0 aliphatic rings. The van der Waals surface area contributed by atoms with Gasteiger partial charge in [-0.2, -0.15) is 0 Å². The van der Waals surface area contributed by atoms with Gasteiger partial charge in [0, 0.05) is 12.1 Å². The fraction of sp³-hybridized carbons (Fsp3) is 0.455. The molecular formula is C11H17ClN2O2. The standard InChI is InChI=1S/C11H17ClN2O2/c1-15-6-7-16-8-11(14-13)9-4-2-3-5-10(9)12/h2-5,11,14H,6-8,13H2,1H3. The van der Waals surface area contributed by atoms with E-state index < -0.39 is 0 Å². The van der Waals surface area contributed by atoms with Gasteiger partial charge in [-0.25, -0.2) is 0 Å². The average molecular weight is 245 g/mol. The molecule has 0 bridgehead atoms. The molecule has 1 aromatic carbocycles. The van der Waals surface area contributed by atoms with Gasteiger partial charge in [0.2, 0.25) is 0 Å². The summed E-state index contributed by atoms with van der Waals surface area (Å²) in [7, 11) is 1.64. The minimum atomic E-state index is -0.106. The summed E-state index contributed by atoms with van der Waals surface area (Å²) in [6.45, 7) is 1.57. The quantitative estimate of drug-likeness (QED) is 0.434.